The minimum absolute atomic E-state index is 0.0852. The summed E-state index contributed by atoms with van der Waals surface area (Å²) in [5.74, 6) is -2.92. The largest absolute Gasteiger partial charge is 0.511 e. The lowest BCUT2D eigenvalue weighted by Gasteiger charge is -2.19. The second-order valence-electron chi connectivity index (χ2n) is 7.74. The molecule has 0 saturated heterocycles. The number of H-pyrrole nitrogens is 1. The minimum atomic E-state index is -1.25. The highest BCUT2D eigenvalue weighted by molar-refractivity contribution is 5.95. The maximum absolute atomic E-state index is 13.0. The molecule has 1 aromatic heterocycles. The highest BCUT2D eigenvalue weighted by Gasteiger charge is 2.21. The van der Waals surface area contributed by atoms with E-state index in [1.807, 2.05) is 60.7 Å². The highest BCUT2D eigenvalue weighted by atomic mass is 16.8. The molecule has 12 nitrogen and oxygen atoms in total. The molecule has 1 unspecified atom stereocenters. The summed E-state index contributed by atoms with van der Waals surface area (Å²) in [5.41, 5.74) is 0.465. The van der Waals surface area contributed by atoms with Crippen LogP contribution in [0.15, 0.2) is 71.7 Å². The van der Waals surface area contributed by atoms with Crippen LogP contribution in [0.1, 0.15) is 52.0 Å². The van der Waals surface area contributed by atoms with E-state index in [-0.39, 0.29) is 12.2 Å². The molecule has 3 rings (SSSR count). The first-order valence-corrected chi connectivity index (χ1v) is 11.6. The molecule has 2 aromatic carbocycles. The third-order valence-corrected chi connectivity index (χ3v) is 5.02. The van der Waals surface area contributed by atoms with Gasteiger partial charge in [-0.05, 0) is 18.1 Å². The fourth-order valence-electron chi connectivity index (χ4n) is 3.31. The summed E-state index contributed by atoms with van der Waals surface area (Å²) < 4.78 is 14.1. The third-order valence-electron chi connectivity index (χ3n) is 5.02. The average Bonchev–Trinajstić information content (AvgIpc) is 2.91. The Balaban J connectivity index is 1.63. The predicted molar refractivity (Wildman–Crippen MR) is 133 cm³/mol. The highest BCUT2D eigenvalue weighted by Crippen LogP contribution is 2.22. The van der Waals surface area contributed by atoms with E-state index in [0.717, 1.165) is 17.3 Å². The van der Waals surface area contributed by atoms with E-state index < -0.39 is 54.2 Å². The quantitative estimate of drug-likeness (QED) is 0.267. The Labute approximate surface area is 217 Å². The van der Waals surface area contributed by atoms with Crippen LogP contribution in [-0.4, -0.2) is 53.3 Å². The number of rotatable bonds is 10. The molecule has 0 fully saturated rings. The van der Waals surface area contributed by atoms with Crippen LogP contribution in [0.5, 0.6) is 0 Å². The zero-order valence-corrected chi connectivity index (χ0v) is 20.6. The standard InChI is InChI=1S/C26H26N4O8/c1-3-36-26(35)38-16(2)37-20(31)15-28-25(34)22-27-14-19(24(33)30-22)23(32)29-21(17-10-6-4-7-11-17)18-12-8-5-9-13-18/h4-14,16,21H,3,15H2,1-2H3,(H,28,34)(H,29,32)(H,27,30,33). The van der Waals surface area contributed by atoms with Crippen LogP contribution < -0.4 is 16.2 Å². The lowest BCUT2D eigenvalue weighted by Crippen LogP contribution is -2.37. The number of carbonyl (C=O) groups is 4. The Hall–Kier alpha value is -5.00. The number of nitrogens with one attached hydrogen (secondary N) is 3. The SMILES string of the molecule is CCOC(=O)OC(C)OC(=O)CNC(=O)c1ncc(C(=O)NC(c2ccccc2)c2ccccc2)c(=O)[nH]1. The van der Waals surface area contributed by atoms with Gasteiger partial charge < -0.3 is 29.8 Å². The molecule has 0 aliphatic heterocycles. The van der Waals surface area contributed by atoms with Crippen molar-refractivity contribution in [2.45, 2.75) is 26.2 Å². The van der Waals surface area contributed by atoms with Gasteiger partial charge in [-0.25, -0.2) is 9.78 Å². The van der Waals surface area contributed by atoms with Crippen molar-refractivity contribution < 1.29 is 33.4 Å². The van der Waals surface area contributed by atoms with Gasteiger partial charge in [-0.2, -0.15) is 0 Å². The molecular formula is C26H26N4O8. The second kappa shape index (κ2) is 13.3. The molecule has 12 heteroatoms. The number of hydrogen-bond acceptors (Lipinski definition) is 9. The van der Waals surface area contributed by atoms with Gasteiger partial charge in [0.05, 0.1) is 12.6 Å². The summed E-state index contributed by atoms with van der Waals surface area (Å²) in [5, 5.41) is 5.04. The summed E-state index contributed by atoms with van der Waals surface area (Å²) in [7, 11) is 0. The number of nitrogens with zero attached hydrogens (tertiary/aromatic N) is 1. The van der Waals surface area contributed by atoms with E-state index in [9.17, 15) is 24.0 Å². The van der Waals surface area contributed by atoms with E-state index in [2.05, 4.69) is 30.1 Å². The van der Waals surface area contributed by atoms with E-state index in [1.165, 1.54) is 6.92 Å². The molecule has 0 bridgehead atoms. The molecule has 1 atom stereocenters. The number of carbonyl (C=O) groups excluding carboxylic acids is 4. The topological polar surface area (TPSA) is 166 Å². The Kier molecular flexibility index (Phi) is 9.69. The van der Waals surface area contributed by atoms with Crippen molar-refractivity contribution in [3.8, 4) is 0 Å². The van der Waals surface area contributed by atoms with Gasteiger partial charge >= 0.3 is 12.1 Å². The Morgan fingerprint density at radius 1 is 0.921 bits per heavy atom. The van der Waals surface area contributed by atoms with Crippen LogP contribution in [0, 0.1) is 0 Å². The minimum Gasteiger partial charge on any atom is -0.435 e. The van der Waals surface area contributed by atoms with Crippen LogP contribution in [0.3, 0.4) is 0 Å². The van der Waals surface area contributed by atoms with Gasteiger partial charge in [-0.15, -0.1) is 0 Å². The van der Waals surface area contributed by atoms with Gasteiger partial charge in [0.1, 0.15) is 12.1 Å². The fraction of sp³-hybridized carbons (Fsp3) is 0.231. The normalized spacial score (nSPS) is 11.2. The van der Waals surface area contributed by atoms with Crippen molar-refractivity contribution in [1.29, 1.82) is 0 Å². The second-order valence-corrected chi connectivity index (χ2v) is 7.74. The molecule has 3 aromatic rings. The number of ether oxygens (including phenoxy) is 3. The molecule has 1 heterocycles. The first-order chi connectivity index (χ1) is 18.3. The third kappa shape index (κ3) is 7.75. The van der Waals surface area contributed by atoms with Crippen molar-refractivity contribution in [2.24, 2.45) is 0 Å². The summed E-state index contributed by atoms with van der Waals surface area (Å²) in [6.45, 7) is 2.36. The van der Waals surface area contributed by atoms with E-state index in [4.69, 9.17) is 4.74 Å². The van der Waals surface area contributed by atoms with Gasteiger partial charge in [0.15, 0.2) is 5.82 Å². The van der Waals surface area contributed by atoms with Crippen LogP contribution in [0.25, 0.3) is 0 Å². The summed E-state index contributed by atoms with van der Waals surface area (Å²) in [6, 6.07) is 17.9. The van der Waals surface area contributed by atoms with Crippen LogP contribution in [0.2, 0.25) is 0 Å². The van der Waals surface area contributed by atoms with Crippen molar-refractivity contribution >= 4 is 23.9 Å². The van der Waals surface area contributed by atoms with Crippen LogP contribution in [-0.2, 0) is 19.0 Å². The summed E-state index contributed by atoms with van der Waals surface area (Å²) in [4.78, 5) is 67.0. The van der Waals surface area contributed by atoms with Crippen LogP contribution in [0.4, 0.5) is 4.79 Å². The molecule has 0 saturated carbocycles. The molecule has 0 aliphatic carbocycles. The smallest absolute Gasteiger partial charge is 0.435 e. The number of esters is 1. The molecule has 2 amide bonds. The molecule has 38 heavy (non-hydrogen) atoms. The first-order valence-electron chi connectivity index (χ1n) is 11.6. The van der Waals surface area contributed by atoms with Crippen molar-refractivity contribution in [1.82, 2.24) is 20.6 Å². The molecule has 0 spiro atoms. The predicted octanol–water partition coefficient (Wildman–Crippen LogP) is 2.08. The number of benzene rings is 2. The van der Waals surface area contributed by atoms with Gasteiger partial charge in [0.2, 0.25) is 6.29 Å². The molecule has 0 aliphatic rings. The van der Waals surface area contributed by atoms with E-state index in [0.29, 0.717) is 0 Å². The van der Waals surface area contributed by atoms with Crippen LogP contribution >= 0.6 is 0 Å². The van der Waals surface area contributed by atoms with Crippen molar-refractivity contribution in [3.63, 3.8) is 0 Å². The lowest BCUT2D eigenvalue weighted by molar-refractivity contribution is -0.166. The summed E-state index contributed by atoms with van der Waals surface area (Å²) >= 11 is 0. The zero-order chi connectivity index (χ0) is 27.5. The van der Waals surface area contributed by atoms with E-state index in [1.54, 1.807) is 6.92 Å². The molecule has 198 valence electrons. The van der Waals surface area contributed by atoms with Gasteiger partial charge in [-0.1, -0.05) is 60.7 Å². The van der Waals surface area contributed by atoms with Crippen molar-refractivity contribution in [2.75, 3.05) is 13.2 Å². The molecule has 3 N–H and O–H groups in total. The first kappa shape index (κ1) is 27.6. The maximum Gasteiger partial charge on any atom is 0.511 e. The zero-order valence-electron chi connectivity index (χ0n) is 20.6. The van der Waals surface area contributed by atoms with Crippen molar-refractivity contribution in [3.05, 3.63) is 99.7 Å². The lowest BCUT2D eigenvalue weighted by atomic mass is 9.98. The van der Waals surface area contributed by atoms with E-state index >= 15 is 0 Å². The summed E-state index contributed by atoms with van der Waals surface area (Å²) in [6.07, 6.45) is -1.28. The number of aromatic amines is 1. The average molecular weight is 523 g/mol. The monoisotopic (exact) mass is 522 g/mol. The number of aromatic nitrogens is 2. The van der Waals surface area contributed by atoms with Gasteiger partial charge in [-0.3, -0.25) is 19.2 Å². The Bertz CT molecular complexity index is 1290. The number of hydrogen-bond donors (Lipinski definition) is 3. The molecule has 0 radical (unpaired) electrons. The Morgan fingerprint density at radius 3 is 2.08 bits per heavy atom. The molecular weight excluding hydrogens is 496 g/mol. The fourth-order valence-corrected chi connectivity index (χ4v) is 3.31. The Morgan fingerprint density at radius 2 is 1.53 bits per heavy atom. The number of amides is 2. The van der Waals surface area contributed by atoms with Gasteiger partial charge in [0, 0.05) is 13.1 Å². The maximum atomic E-state index is 13.0. The van der Waals surface area contributed by atoms with Gasteiger partial charge in [0.25, 0.3) is 17.4 Å².